The minimum Gasteiger partial charge on any atom is -0.503 e. The van der Waals surface area contributed by atoms with Crippen LogP contribution in [0.1, 0.15) is 0 Å². The van der Waals surface area contributed by atoms with Gasteiger partial charge < -0.3 is 5.11 Å². The van der Waals surface area contributed by atoms with Crippen molar-refractivity contribution in [1.29, 1.82) is 0 Å². The van der Waals surface area contributed by atoms with Gasteiger partial charge in [-0.15, -0.1) is 0 Å². The normalized spacial score (nSPS) is 15.7. The monoisotopic (exact) mass is 209 g/mol. The molecule has 3 N–H and O–H groups in total. The Bertz CT molecular complexity index is 345. The third-order valence-corrected chi connectivity index (χ3v) is 0.737. The molecule has 13 heavy (non-hydrogen) atoms. The van der Waals surface area contributed by atoms with Crippen molar-refractivity contribution >= 4 is 21.9 Å². The number of amides is 2. The summed E-state index contributed by atoms with van der Waals surface area (Å²) in [6.07, 6.45) is 1.55. The summed E-state index contributed by atoms with van der Waals surface area (Å²) in [7, 11) is -3.67. The summed E-state index contributed by atoms with van der Waals surface area (Å²) in [5.41, 5.74) is 0. The van der Waals surface area contributed by atoms with E-state index in [0.717, 1.165) is 6.08 Å². The molecule has 0 saturated carbocycles. The summed E-state index contributed by atoms with van der Waals surface area (Å²) in [5, 5.41) is 10.2. The Morgan fingerprint density at radius 3 is 1.85 bits per heavy atom. The minimum atomic E-state index is -3.67. The smallest absolute Gasteiger partial charge is 0.293 e. The van der Waals surface area contributed by atoms with E-state index in [9.17, 15) is 18.0 Å². The first kappa shape index (κ1) is 11.6. The molecule has 0 spiro atoms. The number of rotatable bonds is 0. The Balaban J connectivity index is 0.000000252. The van der Waals surface area contributed by atoms with E-state index in [1.165, 1.54) is 0 Å². The van der Waals surface area contributed by atoms with Crippen molar-refractivity contribution < 1.29 is 27.7 Å². The lowest BCUT2D eigenvalue weighted by Crippen LogP contribution is -2.21. The van der Waals surface area contributed by atoms with Gasteiger partial charge in [-0.2, -0.15) is 8.42 Å². The van der Waals surface area contributed by atoms with E-state index in [2.05, 4.69) is 0 Å². The molecule has 0 atom stereocenters. The number of hydrogen-bond acceptors (Lipinski definition) is 5. The van der Waals surface area contributed by atoms with Crippen LogP contribution in [0, 0.1) is 0 Å². The number of nitrogens with one attached hydrogen (secondary N) is 1. The molecule has 0 bridgehead atoms. The Hall–Kier alpha value is -1.41. The molecule has 0 aromatic rings. The molecule has 1 heterocycles. The highest BCUT2D eigenvalue weighted by Gasteiger charge is 2.18. The SMILES string of the molecule is CS(=O)(=O)O.O=C1C=C(O)C(=O)N1. The largest absolute Gasteiger partial charge is 0.503 e. The first-order chi connectivity index (χ1) is 5.70. The molecule has 74 valence electrons. The summed E-state index contributed by atoms with van der Waals surface area (Å²) >= 11 is 0. The number of carbonyl (C=O) groups excluding carboxylic acids is 2. The van der Waals surface area contributed by atoms with Gasteiger partial charge >= 0.3 is 0 Å². The van der Waals surface area contributed by atoms with Gasteiger partial charge in [0.15, 0.2) is 5.76 Å². The molecule has 2 amide bonds. The standard InChI is InChI=1S/C4H3NO3.CH4O3S/c6-2-1-3(7)5-4(2)8;1-5(2,3)4/h1H,(H2,5,6,7,8);1H3,(H,2,3,4). The van der Waals surface area contributed by atoms with Gasteiger partial charge in [0.1, 0.15) is 0 Å². The van der Waals surface area contributed by atoms with Gasteiger partial charge in [-0.1, -0.05) is 0 Å². The molecule has 0 unspecified atom stereocenters. The number of aliphatic hydroxyl groups excluding tert-OH is 1. The van der Waals surface area contributed by atoms with Gasteiger partial charge in [-0.25, -0.2) is 0 Å². The molecule has 0 saturated heterocycles. The predicted molar refractivity (Wildman–Crippen MR) is 41.3 cm³/mol. The lowest BCUT2D eigenvalue weighted by molar-refractivity contribution is -0.124. The molecule has 0 aromatic heterocycles. The average molecular weight is 209 g/mol. The third-order valence-electron chi connectivity index (χ3n) is 0.737. The van der Waals surface area contributed by atoms with Gasteiger partial charge in [-0.05, 0) is 0 Å². The maximum atomic E-state index is 10.1. The number of hydrogen-bond donors (Lipinski definition) is 3. The summed E-state index contributed by atoms with van der Waals surface area (Å²) in [6, 6.07) is 0. The van der Waals surface area contributed by atoms with Crippen LogP contribution in [-0.2, 0) is 19.7 Å². The summed E-state index contributed by atoms with van der Waals surface area (Å²) in [6.45, 7) is 0. The van der Waals surface area contributed by atoms with E-state index in [4.69, 9.17) is 9.66 Å². The van der Waals surface area contributed by atoms with Crippen LogP contribution in [-0.4, -0.2) is 36.1 Å². The fourth-order valence-electron chi connectivity index (χ4n) is 0.402. The lowest BCUT2D eigenvalue weighted by atomic mass is 10.5. The predicted octanol–water partition coefficient (Wildman–Crippen LogP) is -1.41. The van der Waals surface area contributed by atoms with Gasteiger partial charge in [0, 0.05) is 0 Å². The van der Waals surface area contributed by atoms with Crippen LogP contribution < -0.4 is 5.32 Å². The van der Waals surface area contributed by atoms with Crippen molar-refractivity contribution in [2.75, 3.05) is 6.26 Å². The van der Waals surface area contributed by atoms with Gasteiger partial charge in [0.25, 0.3) is 21.9 Å². The summed E-state index contributed by atoms with van der Waals surface area (Å²) in [5.74, 6) is -1.81. The van der Waals surface area contributed by atoms with Crippen LogP contribution in [0.3, 0.4) is 0 Å². The second-order valence-corrected chi connectivity index (χ2v) is 3.55. The average Bonchev–Trinajstić information content (AvgIpc) is 2.05. The molecule has 7 nitrogen and oxygen atoms in total. The van der Waals surface area contributed by atoms with E-state index in [1.54, 1.807) is 0 Å². The van der Waals surface area contributed by atoms with E-state index in [-0.39, 0.29) is 0 Å². The number of carbonyl (C=O) groups is 2. The van der Waals surface area contributed by atoms with E-state index < -0.39 is 27.7 Å². The topological polar surface area (TPSA) is 121 Å². The maximum absolute atomic E-state index is 10.1. The quantitative estimate of drug-likeness (QED) is 0.333. The Morgan fingerprint density at radius 1 is 1.38 bits per heavy atom. The molecule has 0 aliphatic carbocycles. The fraction of sp³-hybridized carbons (Fsp3) is 0.200. The zero-order valence-corrected chi connectivity index (χ0v) is 7.33. The highest BCUT2D eigenvalue weighted by Crippen LogP contribution is 1.94. The molecule has 1 aliphatic rings. The lowest BCUT2D eigenvalue weighted by Gasteiger charge is -1.83. The van der Waals surface area contributed by atoms with Gasteiger partial charge in [-0.3, -0.25) is 19.5 Å². The second kappa shape index (κ2) is 4.01. The van der Waals surface area contributed by atoms with Crippen LogP contribution in [0.25, 0.3) is 0 Å². The molecule has 0 aromatic carbocycles. The van der Waals surface area contributed by atoms with Gasteiger partial charge in [0.2, 0.25) is 0 Å². The third kappa shape index (κ3) is 6.97. The molecule has 1 aliphatic heterocycles. The Labute approximate surface area is 73.8 Å². The van der Waals surface area contributed by atoms with Crippen molar-refractivity contribution in [2.45, 2.75) is 0 Å². The van der Waals surface area contributed by atoms with Crippen LogP contribution in [0.5, 0.6) is 0 Å². The molecule has 8 heteroatoms. The first-order valence-corrected chi connectivity index (χ1v) is 4.73. The molecule has 0 fully saturated rings. The maximum Gasteiger partial charge on any atom is 0.293 e. The fourth-order valence-corrected chi connectivity index (χ4v) is 0.402. The van der Waals surface area contributed by atoms with Crippen LogP contribution in [0.2, 0.25) is 0 Å². The molecular weight excluding hydrogens is 202 g/mol. The van der Waals surface area contributed by atoms with Crippen molar-refractivity contribution in [3.63, 3.8) is 0 Å². The zero-order valence-electron chi connectivity index (χ0n) is 6.51. The van der Waals surface area contributed by atoms with Crippen molar-refractivity contribution in [1.82, 2.24) is 5.32 Å². The van der Waals surface area contributed by atoms with Crippen LogP contribution >= 0.6 is 0 Å². The van der Waals surface area contributed by atoms with Gasteiger partial charge in [0.05, 0.1) is 12.3 Å². The molecule has 1 rings (SSSR count). The van der Waals surface area contributed by atoms with Crippen molar-refractivity contribution in [2.24, 2.45) is 0 Å². The van der Waals surface area contributed by atoms with E-state index in [1.807, 2.05) is 5.32 Å². The Kier molecular flexibility index (Phi) is 3.57. The van der Waals surface area contributed by atoms with E-state index in [0.29, 0.717) is 6.26 Å². The highest BCUT2D eigenvalue weighted by molar-refractivity contribution is 7.85. The minimum absolute atomic E-state index is 0.519. The van der Waals surface area contributed by atoms with Crippen molar-refractivity contribution in [3.05, 3.63) is 11.8 Å². The van der Waals surface area contributed by atoms with Crippen LogP contribution in [0.4, 0.5) is 0 Å². The Morgan fingerprint density at radius 2 is 1.77 bits per heavy atom. The zero-order chi connectivity index (χ0) is 10.6. The molecule has 0 radical (unpaired) electrons. The summed E-state index contributed by atoms with van der Waals surface area (Å²) in [4.78, 5) is 20.2. The van der Waals surface area contributed by atoms with Crippen molar-refractivity contribution in [3.8, 4) is 0 Å². The van der Waals surface area contributed by atoms with E-state index >= 15 is 0 Å². The first-order valence-electron chi connectivity index (χ1n) is 2.88. The van der Waals surface area contributed by atoms with Crippen LogP contribution in [0.15, 0.2) is 11.8 Å². The second-order valence-electron chi connectivity index (χ2n) is 2.08. The number of imide groups is 1. The summed E-state index contributed by atoms with van der Waals surface area (Å²) < 4.78 is 25.9. The number of aliphatic hydroxyl groups is 1. The highest BCUT2D eigenvalue weighted by atomic mass is 32.2. The molecular formula is C5H7NO6S.